The van der Waals surface area contributed by atoms with E-state index in [0.29, 0.717) is 0 Å². The van der Waals surface area contributed by atoms with E-state index in [4.69, 9.17) is 4.74 Å². The highest BCUT2D eigenvalue weighted by atomic mass is 32.2. The van der Waals surface area contributed by atoms with Crippen LogP contribution in [0.2, 0.25) is 0 Å². The topological polar surface area (TPSA) is 25.4 Å². The van der Waals surface area contributed by atoms with E-state index in [1.165, 1.54) is 5.39 Å². The highest BCUT2D eigenvalue weighted by Crippen LogP contribution is 2.19. The van der Waals surface area contributed by atoms with Crippen molar-refractivity contribution < 1.29 is 4.74 Å². The van der Waals surface area contributed by atoms with Crippen molar-refractivity contribution in [2.45, 2.75) is 5.03 Å². The van der Waals surface area contributed by atoms with Crippen LogP contribution in [0.4, 0.5) is 0 Å². The summed E-state index contributed by atoms with van der Waals surface area (Å²) in [4.78, 5) is 6.81. The Bertz CT molecular complexity index is 732. The maximum absolute atomic E-state index is 4.91. The van der Waals surface area contributed by atoms with Crippen LogP contribution in [0, 0.1) is 0 Å². The summed E-state index contributed by atoms with van der Waals surface area (Å²) in [5.74, 6) is 1.99. The Labute approximate surface area is 148 Å². The van der Waals surface area contributed by atoms with Crippen molar-refractivity contribution in [1.82, 2.24) is 9.88 Å². The minimum Gasteiger partial charge on any atom is -0.497 e. The van der Waals surface area contributed by atoms with Crippen molar-refractivity contribution in [3.8, 4) is 5.75 Å². The van der Waals surface area contributed by atoms with Gasteiger partial charge in [0.1, 0.15) is 5.75 Å². The molecule has 3 rings (SSSR count). The fraction of sp³-hybridized carbons (Fsp3) is 0.250. The van der Waals surface area contributed by atoms with Gasteiger partial charge in [-0.15, -0.1) is 11.8 Å². The van der Waals surface area contributed by atoms with Crippen molar-refractivity contribution in [2.75, 3.05) is 33.5 Å². The monoisotopic (exact) mass is 340 g/mol. The number of pyridine rings is 1. The van der Waals surface area contributed by atoms with Gasteiger partial charge in [-0.3, -0.25) is 0 Å². The van der Waals surface area contributed by atoms with E-state index in [-0.39, 0.29) is 0 Å². The van der Waals surface area contributed by atoms with Crippen LogP contribution in [-0.2, 0) is 0 Å². The number of nitrogens with zero attached hydrogens (tertiary/aromatic N) is 2. The molecule has 1 heterocycles. The van der Waals surface area contributed by atoms with E-state index in [9.17, 15) is 0 Å². The standard InChI is InChI=1S/C13H16N2S.C7H8O/c1-15(2)9-10-16-13-8-7-11-5-3-4-6-12(11)14-13;1-8-7-5-3-2-4-6-7/h3-8H,9-10H2,1-2H3;2-6H,1H3. The summed E-state index contributed by atoms with van der Waals surface area (Å²) in [6, 6.07) is 22.2. The molecule has 0 unspecified atom stereocenters. The zero-order chi connectivity index (χ0) is 17.2. The minimum atomic E-state index is 0.910. The SMILES string of the molecule is CN(C)CCSc1ccc2ccccc2n1.COc1ccccc1. The summed E-state index contributed by atoms with van der Waals surface area (Å²) in [7, 11) is 5.85. The van der Waals surface area contributed by atoms with Gasteiger partial charge < -0.3 is 9.64 Å². The van der Waals surface area contributed by atoms with Crippen LogP contribution < -0.4 is 4.74 Å². The van der Waals surface area contributed by atoms with E-state index in [0.717, 1.165) is 28.6 Å². The Hall–Kier alpha value is -2.04. The van der Waals surface area contributed by atoms with E-state index >= 15 is 0 Å². The first-order chi connectivity index (χ1) is 11.7. The van der Waals surface area contributed by atoms with Crippen LogP contribution in [0.1, 0.15) is 0 Å². The van der Waals surface area contributed by atoms with Gasteiger partial charge in [0, 0.05) is 17.7 Å². The third kappa shape index (κ3) is 6.22. The number of methoxy groups -OCH3 is 1. The quantitative estimate of drug-likeness (QED) is 0.635. The van der Waals surface area contributed by atoms with Crippen LogP contribution in [-0.4, -0.2) is 43.4 Å². The minimum absolute atomic E-state index is 0.910. The van der Waals surface area contributed by atoms with Crippen molar-refractivity contribution in [3.05, 3.63) is 66.7 Å². The molecule has 0 radical (unpaired) electrons. The molecule has 0 aliphatic carbocycles. The largest absolute Gasteiger partial charge is 0.497 e. The molecule has 0 aliphatic heterocycles. The lowest BCUT2D eigenvalue weighted by Gasteiger charge is -2.08. The molecule has 24 heavy (non-hydrogen) atoms. The smallest absolute Gasteiger partial charge is 0.118 e. The predicted molar refractivity (Wildman–Crippen MR) is 104 cm³/mol. The van der Waals surface area contributed by atoms with Crippen molar-refractivity contribution in [2.24, 2.45) is 0 Å². The second kappa shape index (κ2) is 9.96. The molecule has 126 valence electrons. The second-order valence-corrected chi connectivity index (χ2v) is 6.63. The molecule has 0 saturated carbocycles. The first-order valence-electron chi connectivity index (χ1n) is 7.91. The Morgan fingerprint density at radius 1 is 0.917 bits per heavy atom. The molecule has 1 aromatic heterocycles. The Balaban J connectivity index is 0.000000219. The molecular formula is C20H24N2OS. The lowest BCUT2D eigenvalue weighted by Crippen LogP contribution is -2.14. The van der Waals surface area contributed by atoms with Gasteiger partial charge in [-0.2, -0.15) is 0 Å². The van der Waals surface area contributed by atoms with Crippen molar-refractivity contribution in [3.63, 3.8) is 0 Å². The third-order valence-electron chi connectivity index (χ3n) is 3.34. The lowest BCUT2D eigenvalue weighted by atomic mass is 10.2. The van der Waals surface area contributed by atoms with Gasteiger partial charge in [-0.25, -0.2) is 4.98 Å². The van der Waals surface area contributed by atoms with Crippen molar-refractivity contribution in [1.29, 1.82) is 0 Å². The fourth-order valence-corrected chi connectivity index (χ4v) is 3.01. The molecule has 0 N–H and O–H groups in total. The average molecular weight is 340 g/mol. The number of aromatic nitrogens is 1. The molecule has 0 fully saturated rings. The van der Waals surface area contributed by atoms with Crippen LogP contribution in [0.3, 0.4) is 0 Å². The van der Waals surface area contributed by atoms with Gasteiger partial charge in [-0.05, 0) is 38.4 Å². The number of rotatable bonds is 5. The number of ether oxygens (including phenoxy) is 1. The number of fused-ring (bicyclic) bond motifs is 1. The lowest BCUT2D eigenvalue weighted by molar-refractivity contribution is 0.415. The zero-order valence-corrected chi connectivity index (χ0v) is 15.3. The molecule has 4 heteroatoms. The summed E-state index contributed by atoms with van der Waals surface area (Å²) in [5.41, 5.74) is 1.08. The first kappa shape index (κ1) is 18.3. The number of para-hydroxylation sites is 2. The third-order valence-corrected chi connectivity index (χ3v) is 4.25. The number of hydrogen-bond donors (Lipinski definition) is 0. The fourth-order valence-electron chi connectivity index (χ4n) is 2.02. The van der Waals surface area contributed by atoms with Gasteiger partial charge in [0.05, 0.1) is 17.7 Å². The van der Waals surface area contributed by atoms with Crippen molar-refractivity contribution >= 4 is 22.7 Å². The van der Waals surface area contributed by atoms with E-state index in [2.05, 4.69) is 48.2 Å². The predicted octanol–water partition coefficient (Wildman–Crippen LogP) is 4.58. The van der Waals surface area contributed by atoms with E-state index < -0.39 is 0 Å². The highest BCUT2D eigenvalue weighted by molar-refractivity contribution is 7.99. The molecule has 0 bridgehead atoms. The highest BCUT2D eigenvalue weighted by Gasteiger charge is 1.99. The molecule has 0 aliphatic rings. The number of thioether (sulfide) groups is 1. The Kier molecular flexibility index (Phi) is 7.59. The number of benzene rings is 2. The molecule has 0 atom stereocenters. The average Bonchev–Trinajstić information content (AvgIpc) is 2.62. The van der Waals surface area contributed by atoms with Gasteiger partial charge in [-0.1, -0.05) is 42.5 Å². The molecule has 0 spiro atoms. The summed E-state index contributed by atoms with van der Waals surface area (Å²) in [5, 5.41) is 2.32. The van der Waals surface area contributed by atoms with Gasteiger partial charge in [0.25, 0.3) is 0 Å². The normalized spacial score (nSPS) is 10.3. The van der Waals surface area contributed by atoms with Gasteiger partial charge in [0.2, 0.25) is 0 Å². The summed E-state index contributed by atoms with van der Waals surface area (Å²) >= 11 is 1.81. The molecule has 3 aromatic rings. The summed E-state index contributed by atoms with van der Waals surface area (Å²) in [6.07, 6.45) is 0. The summed E-state index contributed by atoms with van der Waals surface area (Å²) < 4.78 is 4.91. The zero-order valence-electron chi connectivity index (χ0n) is 14.5. The Morgan fingerprint density at radius 3 is 2.29 bits per heavy atom. The van der Waals surface area contributed by atoms with Gasteiger partial charge >= 0.3 is 0 Å². The first-order valence-corrected chi connectivity index (χ1v) is 8.90. The maximum Gasteiger partial charge on any atom is 0.118 e. The van der Waals surface area contributed by atoms with Crippen LogP contribution >= 0.6 is 11.8 Å². The molecule has 0 saturated heterocycles. The molecule has 0 amide bonds. The van der Waals surface area contributed by atoms with Crippen LogP contribution in [0.15, 0.2) is 71.8 Å². The van der Waals surface area contributed by atoms with Crippen LogP contribution in [0.5, 0.6) is 5.75 Å². The second-order valence-electron chi connectivity index (χ2n) is 5.51. The molecule has 2 aromatic carbocycles. The van der Waals surface area contributed by atoms with Crippen LogP contribution in [0.25, 0.3) is 10.9 Å². The maximum atomic E-state index is 4.91. The van der Waals surface area contributed by atoms with E-state index in [1.807, 2.05) is 54.2 Å². The van der Waals surface area contributed by atoms with E-state index in [1.54, 1.807) is 7.11 Å². The molecule has 3 nitrogen and oxygen atoms in total. The number of hydrogen-bond acceptors (Lipinski definition) is 4. The summed E-state index contributed by atoms with van der Waals surface area (Å²) in [6.45, 7) is 1.08. The van der Waals surface area contributed by atoms with Gasteiger partial charge in [0.15, 0.2) is 0 Å². The molecular weight excluding hydrogens is 316 g/mol. The Morgan fingerprint density at radius 2 is 1.62 bits per heavy atom.